The maximum Gasteiger partial charge on any atom is 0.423 e. The van der Waals surface area contributed by atoms with Crippen molar-refractivity contribution in [3.8, 4) is 0 Å². The van der Waals surface area contributed by atoms with Crippen LogP contribution >= 0.6 is 34.8 Å². The molecule has 3 rings (SSSR count). The van der Waals surface area contributed by atoms with Gasteiger partial charge in [0.2, 0.25) is 11.5 Å². The van der Waals surface area contributed by atoms with Crippen LogP contribution in [0.25, 0.3) is 0 Å². The van der Waals surface area contributed by atoms with Crippen molar-refractivity contribution >= 4 is 46.4 Å². The molecule has 0 unspecified atom stereocenters. The Bertz CT molecular complexity index is 942. The Balaban J connectivity index is 1.74. The lowest BCUT2D eigenvalue weighted by atomic mass is 9.92. The molecule has 4 nitrogen and oxygen atoms in total. The first-order valence-electron chi connectivity index (χ1n) is 9.50. The van der Waals surface area contributed by atoms with E-state index in [0.29, 0.717) is 5.69 Å². The number of halogens is 6. The van der Waals surface area contributed by atoms with E-state index in [-0.39, 0.29) is 32.9 Å². The van der Waals surface area contributed by atoms with E-state index in [1.54, 1.807) is 24.3 Å². The minimum absolute atomic E-state index is 0.00484. The van der Waals surface area contributed by atoms with Crippen LogP contribution in [0.5, 0.6) is 0 Å². The predicted molar refractivity (Wildman–Crippen MR) is 116 cm³/mol. The van der Waals surface area contributed by atoms with Gasteiger partial charge in [-0.2, -0.15) is 13.2 Å². The van der Waals surface area contributed by atoms with Crippen molar-refractivity contribution < 1.29 is 23.1 Å². The molecule has 168 valence electrons. The van der Waals surface area contributed by atoms with Gasteiger partial charge in [0.05, 0.1) is 27.7 Å². The summed E-state index contributed by atoms with van der Waals surface area (Å²) < 4.78 is 41.3. The third kappa shape index (κ3) is 5.40. The Labute approximate surface area is 192 Å². The van der Waals surface area contributed by atoms with Crippen molar-refractivity contribution in [1.29, 1.82) is 0 Å². The summed E-state index contributed by atoms with van der Waals surface area (Å²) in [7, 11) is 0. The summed E-state index contributed by atoms with van der Waals surface area (Å²) in [5.41, 5.74) is -2.62. The van der Waals surface area contributed by atoms with E-state index >= 15 is 0 Å². The number of rotatable bonds is 7. The van der Waals surface area contributed by atoms with Gasteiger partial charge in [-0.1, -0.05) is 46.9 Å². The normalized spacial score (nSPS) is 17.0. The summed E-state index contributed by atoms with van der Waals surface area (Å²) in [4.78, 5) is 11.9. The van der Waals surface area contributed by atoms with E-state index in [2.05, 4.69) is 10.6 Å². The molecule has 1 fully saturated rings. The van der Waals surface area contributed by atoms with Gasteiger partial charge in [0.15, 0.2) is 0 Å². The Morgan fingerprint density at radius 3 is 2.16 bits per heavy atom. The average molecular weight is 496 g/mol. The van der Waals surface area contributed by atoms with Crippen LogP contribution in [0.15, 0.2) is 36.4 Å². The van der Waals surface area contributed by atoms with E-state index in [0.717, 1.165) is 30.5 Å². The number of amides is 1. The zero-order chi connectivity index (χ0) is 23.0. The van der Waals surface area contributed by atoms with Crippen molar-refractivity contribution in [3.63, 3.8) is 0 Å². The van der Waals surface area contributed by atoms with Gasteiger partial charge in [0, 0.05) is 11.6 Å². The van der Waals surface area contributed by atoms with Crippen LogP contribution in [0.2, 0.25) is 15.1 Å². The lowest BCUT2D eigenvalue weighted by Crippen LogP contribution is -2.47. The van der Waals surface area contributed by atoms with Gasteiger partial charge in [0.1, 0.15) is 0 Å². The maximum atomic E-state index is 13.8. The highest BCUT2D eigenvalue weighted by molar-refractivity contribution is 6.48. The molecule has 0 aliphatic heterocycles. The molecule has 31 heavy (non-hydrogen) atoms. The second-order valence-corrected chi connectivity index (χ2v) is 8.78. The number of hydrogen-bond acceptors (Lipinski definition) is 3. The predicted octanol–water partition coefficient (Wildman–Crippen LogP) is 6.10. The fraction of sp³-hybridized carbons (Fsp3) is 0.381. The lowest BCUT2D eigenvalue weighted by Gasteiger charge is -2.32. The third-order valence-corrected chi connectivity index (χ3v) is 6.39. The van der Waals surface area contributed by atoms with Crippen molar-refractivity contribution in [2.75, 3.05) is 11.9 Å². The van der Waals surface area contributed by atoms with Crippen LogP contribution in [-0.4, -0.2) is 23.7 Å². The summed E-state index contributed by atoms with van der Waals surface area (Å²) in [6, 6.07) is 8.21. The van der Waals surface area contributed by atoms with Crippen molar-refractivity contribution in [1.82, 2.24) is 5.32 Å². The van der Waals surface area contributed by atoms with E-state index in [1.165, 1.54) is 0 Å². The quantitative estimate of drug-likeness (QED) is 0.407. The molecule has 0 heterocycles. The molecular formula is C21H20Cl3F3N2O2. The zero-order valence-electron chi connectivity index (χ0n) is 16.4. The zero-order valence-corrected chi connectivity index (χ0v) is 18.6. The largest absolute Gasteiger partial charge is 0.423 e. The molecule has 2 aromatic carbocycles. The Morgan fingerprint density at radius 1 is 1.13 bits per heavy atom. The number of carbonyl (C=O) groups is 1. The summed E-state index contributed by atoms with van der Waals surface area (Å²) in [5.74, 6) is 0.0866. The van der Waals surface area contributed by atoms with Gasteiger partial charge in [-0.15, -0.1) is 0 Å². The Morgan fingerprint density at radius 2 is 1.68 bits per heavy atom. The average Bonchev–Trinajstić information content (AvgIpc) is 3.54. The Kier molecular flexibility index (Phi) is 7.01. The van der Waals surface area contributed by atoms with Crippen LogP contribution < -0.4 is 10.6 Å². The number of aliphatic hydroxyl groups is 1. The second-order valence-electron chi connectivity index (χ2n) is 7.59. The number of anilines is 1. The van der Waals surface area contributed by atoms with Gasteiger partial charge in [-0.05, 0) is 55.2 Å². The van der Waals surface area contributed by atoms with E-state index in [9.17, 15) is 23.1 Å². The minimum Gasteiger partial charge on any atom is -0.381 e. The molecule has 3 N–H and O–H groups in total. The summed E-state index contributed by atoms with van der Waals surface area (Å²) in [6.07, 6.45) is -3.22. The standard InChI is InChI=1S/C21H20Cl3F3N2O2/c1-11(29-19(30)13-2-3-13)12-4-6-15(7-5-12)28-10-20(31,21(25,26)27)14-8-16(22)18(24)17(23)9-14/h4-9,11,13,28,31H,2-3,10H2,1H3,(H,29,30)/t11-,20-/m0/s1. The van der Waals surface area contributed by atoms with Crippen LogP contribution in [0.3, 0.4) is 0 Å². The molecule has 1 aliphatic carbocycles. The first-order chi connectivity index (χ1) is 14.4. The molecule has 0 aromatic heterocycles. The fourth-order valence-electron chi connectivity index (χ4n) is 3.04. The number of hydrogen-bond donors (Lipinski definition) is 3. The molecule has 0 radical (unpaired) electrons. The van der Waals surface area contributed by atoms with Gasteiger partial charge in [0.25, 0.3) is 0 Å². The highest BCUT2D eigenvalue weighted by Gasteiger charge is 2.55. The van der Waals surface area contributed by atoms with Crippen LogP contribution in [-0.2, 0) is 10.4 Å². The number of nitrogens with one attached hydrogen (secondary N) is 2. The topological polar surface area (TPSA) is 61.4 Å². The molecule has 10 heteroatoms. The number of alkyl halides is 3. The van der Waals surface area contributed by atoms with Crippen molar-refractivity contribution in [2.45, 2.75) is 37.6 Å². The van der Waals surface area contributed by atoms with Crippen LogP contribution in [0.1, 0.15) is 36.9 Å². The van der Waals surface area contributed by atoms with Crippen LogP contribution in [0.4, 0.5) is 18.9 Å². The fourth-order valence-corrected chi connectivity index (χ4v) is 3.64. The van der Waals surface area contributed by atoms with Crippen LogP contribution in [0, 0.1) is 5.92 Å². The molecule has 1 saturated carbocycles. The molecule has 2 aromatic rings. The second kappa shape index (κ2) is 9.06. The summed E-state index contributed by atoms with van der Waals surface area (Å²) in [6.45, 7) is 0.956. The first-order valence-corrected chi connectivity index (χ1v) is 10.6. The molecule has 2 atom stereocenters. The number of carbonyl (C=O) groups excluding carboxylic acids is 1. The van der Waals surface area contributed by atoms with Gasteiger partial charge in [-0.25, -0.2) is 0 Å². The van der Waals surface area contributed by atoms with Crippen molar-refractivity contribution in [2.24, 2.45) is 5.92 Å². The lowest BCUT2D eigenvalue weighted by molar-refractivity contribution is -0.260. The SMILES string of the molecule is C[C@H](NC(=O)C1CC1)c1ccc(NC[C@](O)(c2cc(Cl)c(Cl)c(Cl)c2)C(F)(F)F)cc1. The highest BCUT2D eigenvalue weighted by atomic mass is 35.5. The highest BCUT2D eigenvalue weighted by Crippen LogP contribution is 2.43. The smallest absolute Gasteiger partial charge is 0.381 e. The molecule has 1 amide bonds. The minimum atomic E-state index is -5.01. The van der Waals surface area contributed by atoms with Gasteiger partial charge in [-0.3, -0.25) is 4.79 Å². The molecular weight excluding hydrogens is 476 g/mol. The monoisotopic (exact) mass is 494 g/mol. The van der Waals surface area contributed by atoms with E-state index in [1.807, 2.05) is 6.92 Å². The molecule has 0 bridgehead atoms. The summed E-state index contributed by atoms with van der Waals surface area (Å²) in [5, 5.41) is 15.5. The van der Waals surface area contributed by atoms with Crippen molar-refractivity contribution in [3.05, 3.63) is 62.6 Å². The van der Waals surface area contributed by atoms with E-state index in [4.69, 9.17) is 34.8 Å². The number of benzene rings is 2. The molecule has 1 aliphatic rings. The van der Waals surface area contributed by atoms with E-state index < -0.39 is 23.9 Å². The Hall–Kier alpha value is -1.67. The van der Waals surface area contributed by atoms with Gasteiger partial charge >= 0.3 is 6.18 Å². The molecule has 0 spiro atoms. The third-order valence-electron chi connectivity index (χ3n) is 5.20. The summed E-state index contributed by atoms with van der Waals surface area (Å²) >= 11 is 17.5. The van der Waals surface area contributed by atoms with Gasteiger partial charge < -0.3 is 15.7 Å². The first kappa shape index (κ1) is 24.0. The molecule has 0 saturated heterocycles. The maximum absolute atomic E-state index is 13.8.